The quantitative estimate of drug-likeness (QED) is 0.708. The van der Waals surface area contributed by atoms with E-state index in [1.165, 1.54) is 6.42 Å². The number of nitrogens with zero attached hydrogens (tertiary/aromatic N) is 1. The third kappa shape index (κ3) is 4.59. The van der Waals surface area contributed by atoms with Gasteiger partial charge in [-0.25, -0.2) is 0 Å². The summed E-state index contributed by atoms with van der Waals surface area (Å²) in [5, 5.41) is 9.34. The van der Waals surface area contributed by atoms with Gasteiger partial charge in [0.05, 0.1) is 18.2 Å². The van der Waals surface area contributed by atoms with Crippen LogP contribution in [0.2, 0.25) is 0 Å². The first kappa shape index (κ1) is 12.9. The van der Waals surface area contributed by atoms with E-state index in [-0.39, 0.29) is 0 Å². The molecule has 1 atom stereocenters. The molecule has 1 aromatic carbocycles. The molecule has 0 saturated carbocycles. The van der Waals surface area contributed by atoms with Crippen LogP contribution in [0, 0.1) is 11.3 Å². The van der Waals surface area contributed by atoms with Gasteiger partial charge < -0.3 is 4.74 Å². The summed E-state index contributed by atoms with van der Waals surface area (Å²) in [5.41, 5.74) is 0.668. The van der Waals surface area contributed by atoms with E-state index in [0.717, 1.165) is 18.1 Å². The van der Waals surface area contributed by atoms with Gasteiger partial charge in [0.1, 0.15) is 5.75 Å². The Morgan fingerprint density at radius 2 is 2.06 bits per heavy atom. The molecule has 0 radical (unpaired) electrons. The molecule has 0 bridgehead atoms. The summed E-state index contributed by atoms with van der Waals surface area (Å²) in [6.07, 6.45) is 1.20. The minimum atomic E-state index is 0.668. The predicted octanol–water partition coefficient (Wildman–Crippen LogP) is 3.47. The molecule has 0 spiro atoms. The van der Waals surface area contributed by atoms with Gasteiger partial charge in [-0.2, -0.15) is 17.0 Å². The average molecular weight is 235 g/mol. The van der Waals surface area contributed by atoms with Gasteiger partial charge in [0.2, 0.25) is 0 Å². The van der Waals surface area contributed by atoms with Crippen molar-refractivity contribution in [3.63, 3.8) is 0 Å². The number of ether oxygens (including phenoxy) is 1. The number of rotatable bonds is 6. The molecule has 0 N–H and O–H groups in total. The lowest BCUT2D eigenvalue weighted by atomic mass is 10.2. The first-order valence-electron chi connectivity index (χ1n) is 5.50. The number of nitriles is 1. The zero-order valence-corrected chi connectivity index (χ0v) is 10.6. The van der Waals surface area contributed by atoms with Gasteiger partial charge in [-0.3, -0.25) is 0 Å². The Balaban J connectivity index is 2.25. The first-order chi connectivity index (χ1) is 7.76. The molecule has 0 amide bonds. The molecule has 3 heteroatoms. The number of thioether (sulfide) groups is 1. The molecule has 0 heterocycles. The SMILES string of the molecule is CC[C@H](C)SCCOc1ccc(C#N)cc1. The van der Waals surface area contributed by atoms with Crippen molar-refractivity contribution < 1.29 is 4.74 Å². The summed E-state index contributed by atoms with van der Waals surface area (Å²) >= 11 is 1.93. The smallest absolute Gasteiger partial charge is 0.119 e. The molecule has 0 aromatic heterocycles. The number of hydrogen-bond donors (Lipinski definition) is 0. The molecule has 0 fully saturated rings. The third-order valence-corrected chi connectivity index (χ3v) is 3.62. The molecule has 1 rings (SSSR count). The van der Waals surface area contributed by atoms with Crippen molar-refractivity contribution in [2.24, 2.45) is 0 Å². The highest BCUT2D eigenvalue weighted by Gasteiger charge is 1.99. The number of benzene rings is 1. The van der Waals surface area contributed by atoms with Crippen molar-refractivity contribution in [1.29, 1.82) is 5.26 Å². The summed E-state index contributed by atoms with van der Waals surface area (Å²) in [7, 11) is 0. The fraction of sp³-hybridized carbons (Fsp3) is 0.462. The Bertz CT molecular complexity index is 342. The molecule has 86 valence electrons. The lowest BCUT2D eigenvalue weighted by Gasteiger charge is -2.09. The van der Waals surface area contributed by atoms with E-state index in [4.69, 9.17) is 10.00 Å². The van der Waals surface area contributed by atoms with Crippen LogP contribution in [0.1, 0.15) is 25.8 Å². The van der Waals surface area contributed by atoms with Crippen LogP contribution in [-0.2, 0) is 0 Å². The standard InChI is InChI=1S/C13H17NOS/c1-3-11(2)16-9-8-15-13-6-4-12(10-14)5-7-13/h4-7,11H,3,8-9H2,1-2H3/t11-/m0/s1. The summed E-state index contributed by atoms with van der Waals surface area (Å²) in [4.78, 5) is 0. The van der Waals surface area contributed by atoms with E-state index in [9.17, 15) is 0 Å². The molecular formula is C13H17NOS. The fourth-order valence-electron chi connectivity index (χ4n) is 1.15. The maximum atomic E-state index is 8.64. The van der Waals surface area contributed by atoms with E-state index in [2.05, 4.69) is 19.9 Å². The summed E-state index contributed by atoms with van der Waals surface area (Å²) in [6.45, 7) is 5.15. The van der Waals surface area contributed by atoms with Gasteiger partial charge in [-0.1, -0.05) is 13.8 Å². The van der Waals surface area contributed by atoms with Gasteiger partial charge in [0.25, 0.3) is 0 Å². The van der Waals surface area contributed by atoms with Gasteiger partial charge in [0.15, 0.2) is 0 Å². The van der Waals surface area contributed by atoms with E-state index in [1.807, 2.05) is 23.9 Å². The van der Waals surface area contributed by atoms with Crippen LogP contribution < -0.4 is 4.74 Å². The van der Waals surface area contributed by atoms with E-state index in [0.29, 0.717) is 10.8 Å². The summed E-state index contributed by atoms with van der Waals surface area (Å²) < 4.78 is 5.57. The van der Waals surface area contributed by atoms with Gasteiger partial charge in [0, 0.05) is 11.0 Å². The largest absolute Gasteiger partial charge is 0.493 e. The third-order valence-electron chi connectivity index (χ3n) is 2.31. The molecule has 1 aromatic rings. The highest BCUT2D eigenvalue weighted by Crippen LogP contribution is 2.15. The molecule has 0 aliphatic carbocycles. The van der Waals surface area contributed by atoms with Crippen molar-refractivity contribution in [3.8, 4) is 11.8 Å². The van der Waals surface area contributed by atoms with Crippen molar-refractivity contribution in [3.05, 3.63) is 29.8 Å². The highest BCUT2D eigenvalue weighted by molar-refractivity contribution is 7.99. The minimum Gasteiger partial charge on any atom is -0.493 e. The van der Waals surface area contributed by atoms with Crippen molar-refractivity contribution >= 4 is 11.8 Å². The topological polar surface area (TPSA) is 33.0 Å². The zero-order valence-electron chi connectivity index (χ0n) is 9.77. The molecule has 0 saturated heterocycles. The second-order valence-electron chi connectivity index (χ2n) is 3.57. The van der Waals surface area contributed by atoms with Crippen molar-refractivity contribution in [1.82, 2.24) is 0 Å². The lowest BCUT2D eigenvalue weighted by Crippen LogP contribution is -2.03. The van der Waals surface area contributed by atoms with Crippen molar-refractivity contribution in [2.45, 2.75) is 25.5 Å². The Kier molecular flexibility index (Phi) is 5.81. The Morgan fingerprint density at radius 1 is 1.38 bits per heavy atom. The highest BCUT2D eigenvalue weighted by atomic mass is 32.2. The Hall–Kier alpha value is -1.14. The monoisotopic (exact) mass is 235 g/mol. The zero-order chi connectivity index (χ0) is 11.8. The maximum absolute atomic E-state index is 8.64. The van der Waals surface area contributed by atoms with Crippen LogP contribution in [0.15, 0.2) is 24.3 Å². The van der Waals surface area contributed by atoms with Crippen LogP contribution >= 0.6 is 11.8 Å². The first-order valence-corrected chi connectivity index (χ1v) is 6.55. The normalized spacial score (nSPS) is 11.8. The van der Waals surface area contributed by atoms with Crippen molar-refractivity contribution in [2.75, 3.05) is 12.4 Å². The summed E-state index contributed by atoms with van der Waals surface area (Å²) in [6, 6.07) is 9.31. The summed E-state index contributed by atoms with van der Waals surface area (Å²) in [5.74, 6) is 1.85. The van der Waals surface area contributed by atoms with E-state index < -0.39 is 0 Å². The Morgan fingerprint density at radius 3 is 2.62 bits per heavy atom. The number of hydrogen-bond acceptors (Lipinski definition) is 3. The van der Waals surface area contributed by atoms with Gasteiger partial charge in [-0.15, -0.1) is 0 Å². The van der Waals surface area contributed by atoms with Gasteiger partial charge >= 0.3 is 0 Å². The Labute approximate surface area is 102 Å². The molecule has 0 unspecified atom stereocenters. The average Bonchev–Trinajstić information content (AvgIpc) is 2.35. The molecule has 2 nitrogen and oxygen atoms in total. The van der Waals surface area contributed by atoms with Gasteiger partial charge in [-0.05, 0) is 30.7 Å². The predicted molar refractivity (Wildman–Crippen MR) is 68.9 cm³/mol. The second kappa shape index (κ2) is 7.19. The van der Waals surface area contributed by atoms with Crippen LogP contribution in [0.3, 0.4) is 0 Å². The van der Waals surface area contributed by atoms with Crippen LogP contribution in [-0.4, -0.2) is 17.6 Å². The molecule has 0 aliphatic heterocycles. The second-order valence-corrected chi connectivity index (χ2v) is 5.12. The van der Waals surface area contributed by atoms with Crippen LogP contribution in [0.5, 0.6) is 5.75 Å². The molecule has 16 heavy (non-hydrogen) atoms. The molecule has 0 aliphatic rings. The fourth-order valence-corrected chi connectivity index (χ4v) is 1.97. The minimum absolute atomic E-state index is 0.668. The van der Waals surface area contributed by atoms with Crippen LogP contribution in [0.4, 0.5) is 0 Å². The van der Waals surface area contributed by atoms with E-state index in [1.54, 1.807) is 12.1 Å². The van der Waals surface area contributed by atoms with Crippen LogP contribution in [0.25, 0.3) is 0 Å². The lowest BCUT2D eigenvalue weighted by molar-refractivity contribution is 0.344. The maximum Gasteiger partial charge on any atom is 0.119 e. The van der Waals surface area contributed by atoms with E-state index >= 15 is 0 Å². The molecular weight excluding hydrogens is 218 g/mol.